The van der Waals surface area contributed by atoms with Crippen molar-refractivity contribution >= 4 is 21.9 Å². The molecule has 34 heavy (non-hydrogen) atoms. The van der Waals surface area contributed by atoms with Crippen molar-refractivity contribution in [2.45, 2.75) is 26.1 Å². The Morgan fingerprint density at radius 2 is 1.62 bits per heavy atom. The van der Waals surface area contributed by atoms with E-state index >= 15 is 0 Å². The Labute approximate surface area is 203 Å². The van der Waals surface area contributed by atoms with E-state index in [1.807, 2.05) is 24.3 Å². The van der Waals surface area contributed by atoms with E-state index in [0.717, 1.165) is 16.1 Å². The summed E-state index contributed by atoms with van der Waals surface area (Å²) < 4.78 is 49.3. The second kappa shape index (κ2) is 9.46. The molecule has 0 amide bonds. The highest BCUT2D eigenvalue weighted by atomic mass is 79.9. The third kappa shape index (κ3) is 4.92. The third-order valence-electron chi connectivity index (χ3n) is 5.08. The number of para-hydroxylation sites is 1. The lowest BCUT2D eigenvalue weighted by molar-refractivity contribution is -0.137. The molecule has 0 N–H and O–H groups in total. The molecule has 4 aromatic rings. The number of alkyl halides is 3. The highest BCUT2D eigenvalue weighted by Crippen LogP contribution is 2.39. The van der Waals surface area contributed by atoms with Crippen molar-refractivity contribution in [1.82, 2.24) is 9.55 Å². The zero-order valence-electron chi connectivity index (χ0n) is 18.3. The second-order valence-electron chi connectivity index (χ2n) is 7.85. The lowest BCUT2D eigenvalue weighted by Gasteiger charge is -2.19. The summed E-state index contributed by atoms with van der Waals surface area (Å²) in [6.07, 6.45) is -3.46. The number of halogens is 4. The minimum atomic E-state index is -4.55. The average molecular weight is 529 g/mol. The van der Waals surface area contributed by atoms with Crippen LogP contribution in [0.15, 0.2) is 83.5 Å². The first kappa shape index (κ1) is 23.8. The van der Waals surface area contributed by atoms with Crippen LogP contribution >= 0.6 is 15.9 Å². The SMILES string of the molecule is CC(C)OC(=O)c1ccc(-c2ccc(-c3ccc(Br)cc3)n2-c2ccccc2C(F)(F)F)nc1. The standard InChI is InChI=1S/C26H20BrF3N2O2/c1-16(2)34-25(33)18-9-12-21(31-15-18)24-14-13-22(17-7-10-19(27)11-8-17)32(24)23-6-4-3-5-20(23)26(28,29)30/h3-16H,1-2H3. The van der Waals surface area contributed by atoms with Gasteiger partial charge in [-0.2, -0.15) is 13.2 Å². The van der Waals surface area contributed by atoms with Crippen LogP contribution in [-0.4, -0.2) is 21.6 Å². The van der Waals surface area contributed by atoms with Crippen LogP contribution in [0.1, 0.15) is 29.8 Å². The van der Waals surface area contributed by atoms with Gasteiger partial charge in [-0.25, -0.2) is 4.79 Å². The van der Waals surface area contributed by atoms with E-state index in [2.05, 4.69) is 20.9 Å². The van der Waals surface area contributed by atoms with E-state index in [9.17, 15) is 18.0 Å². The molecule has 2 aromatic heterocycles. The van der Waals surface area contributed by atoms with Crippen molar-refractivity contribution in [2.75, 3.05) is 0 Å². The topological polar surface area (TPSA) is 44.1 Å². The maximum atomic E-state index is 13.9. The Hall–Kier alpha value is -3.39. The van der Waals surface area contributed by atoms with E-state index < -0.39 is 17.7 Å². The maximum absolute atomic E-state index is 13.9. The first-order valence-electron chi connectivity index (χ1n) is 10.5. The fourth-order valence-electron chi connectivity index (χ4n) is 3.60. The van der Waals surface area contributed by atoms with Crippen LogP contribution in [0, 0.1) is 0 Å². The molecule has 0 saturated carbocycles. The maximum Gasteiger partial charge on any atom is 0.418 e. The lowest BCUT2D eigenvalue weighted by Crippen LogP contribution is -2.13. The summed E-state index contributed by atoms with van der Waals surface area (Å²) in [7, 11) is 0. The molecule has 174 valence electrons. The molecular formula is C26H20BrF3N2O2. The summed E-state index contributed by atoms with van der Waals surface area (Å²) >= 11 is 3.39. The monoisotopic (exact) mass is 528 g/mol. The summed E-state index contributed by atoms with van der Waals surface area (Å²) in [5.41, 5.74) is 1.67. The van der Waals surface area contributed by atoms with Crippen LogP contribution in [0.5, 0.6) is 0 Å². The number of pyridine rings is 1. The predicted molar refractivity (Wildman–Crippen MR) is 128 cm³/mol. The molecule has 0 aliphatic rings. The molecule has 0 aliphatic heterocycles. The molecule has 0 atom stereocenters. The van der Waals surface area contributed by atoms with Crippen LogP contribution in [0.25, 0.3) is 28.3 Å². The van der Waals surface area contributed by atoms with Gasteiger partial charge in [-0.1, -0.05) is 40.2 Å². The van der Waals surface area contributed by atoms with Gasteiger partial charge in [0.05, 0.1) is 40.0 Å². The van der Waals surface area contributed by atoms with Crippen LogP contribution in [0.2, 0.25) is 0 Å². The van der Waals surface area contributed by atoms with Gasteiger partial charge in [0.15, 0.2) is 0 Å². The highest BCUT2D eigenvalue weighted by molar-refractivity contribution is 9.10. The van der Waals surface area contributed by atoms with Crippen molar-refractivity contribution < 1.29 is 22.7 Å². The van der Waals surface area contributed by atoms with Crippen molar-refractivity contribution in [3.63, 3.8) is 0 Å². The molecule has 0 fully saturated rings. The summed E-state index contributed by atoms with van der Waals surface area (Å²) in [5.74, 6) is -0.512. The smallest absolute Gasteiger partial charge is 0.418 e. The molecule has 8 heteroatoms. The normalized spacial score (nSPS) is 11.6. The Kier molecular flexibility index (Phi) is 6.61. The number of carbonyl (C=O) groups excluding carboxylic acids is 1. The molecule has 2 heterocycles. The number of ether oxygens (including phenoxy) is 1. The number of rotatable bonds is 5. The first-order valence-corrected chi connectivity index (χ1v) is 11.3. The molecule has 2 aromatic carbocycles. The Balaban J connectivity index is 1.89. The van der Waals surface area contributed by atoms with Crippen LogP contribution in [-0.2, 0) is 10.9 Å². The number of nitrogens with zero attached hydrogens (tertiary/aromatic N) is 2. The molecule has 4 rings (SSSR count). The number of benzene rings is 2. The largest absolute Gasteiger partial charge is 0.459 e. The van der Waals surface area contributed by atoms with Crippen molar-refractivity contribution in [3.8, 4) is 28.3 Å². The van der Waals surface area contributed by atoms with Crippen LogP contribution < -0.4 is 0 Å². The minimum Gasteiger partial charge on any atom is -0.459 e. The van der Waals surface area contributed by atoms with Gasteiger partial charge in [-0.05, 0) is 67.9 Å². The highest BCUT2D eigenvalue weighted by Gasteiger charge is 2.34. The lowest BCUT2D eigenvalue weighted by atomic mass is 10.1. The number of hydrogen-bond acceptors (Lipinski definition) is 3. The minimum absolute atomic E-state index is 0.0157. The van der Waals surface area contributed by atoms with Gasteiger partial charge in [-0.3, -0.25) is 4.98 Å². The Morgan fingerprint density at radius 3 is 2.24 bits per heavy atom. The van der Waals surface area contributed by atoms with E-state index in [1.165, 1.54) is 18.3 Å². The van der Waals surface area contributed by atoms with Gasteiger partial charge >= 0.3 is 12.1 Å². The predicted octanol–water partition coefficient (Wildman–Crippen LogP) is 7.55. The zero-order chi connectivity index (χ0) is 24.5. The summed E-state index contributed by atoms with van der Waals surface area (Å²) in [5, 5.41) is 0. The Bertz CT molecular complexity index is 1310. The average Bonchev–Trinajstić information content (AvgIpc) is 3.23. The Morgan fingerprint density at radius 1 is 0.941 bits per heavy atom. The molecule has 0 aliphatic carbocycles. The summed E-state index contributed by atoms with van der Waals surface area (Å²) in [6.45, 7) is 3.49. The number of hydrogen-bond donors (Lipinski definition) is 0. The molecule has 0 radical (unpaired) electrons. The summed E-state index contributed by atoms with van der Waals surface area (Å²) in [4.78, 5) is 16.5. The van der Waals surface area contributed by atoms with Gasteiger partial charge in [0.1, 0.15) is 0 Å². The van der Waals surface area contributed by atoms with Gasteiger partial charge in [0.25, 0.3) is 0 Å². The molecule has 4 nitrogen and oxygen atoms in total. The number of carbonyl (C=O) groups is 1. The van der Waals surface area contributed by atoms with Crippen molar-refractivity contribution in [3.05, 3.63) is 94.6 Å². The number of esters is 1. The van der Waals surface area contributed by atoms with Gasteiger partial charge in [0.2, 0.25) is 0 Å². The third-order valence-corrected chi connectivity index (χ3v) is 5.60. The summed E-state index contributed by atoms with van der Waals surface area (Å²) in [6, 6.07) is 19.4. The second-order valence-corrected chi connectivity index (χ2v) is 8.76. The molecule has 0 bridgehead atoms. The van der Waals surface area contributed by atoms with E-state index in [1.54, 1.807) is 48.7 Å². The van der Waals surface area contributed by atoms with E-state index in [4.69, 9.17) is 4.74 Å². The molecule has 0 unspecified atom stereocenters. The van der Waals surface area contributed by atoms with Crippen molar-refractivity contribution in [1.29, 1.82) is 0 Å². The number of aromatic nitrogens is 2. The van der Waals surface area contributed by atoms with Crippen molar-refractivity contribution in [2.24, 2.45) is 0 Å². The molecule has 0 saturated heterocycles. The van der Waals surface area contributed by atoms with E-state index in [0.29, 0.717) is 17.1 Å². The van der Waals surface area contributed by atoms with Gasteiger partial charge < -0.3 is 9.30 Å². The van der Waals surface area contributed by atoms with E-state index in [-0.39, 0.29) is 17.4 Å². The first-order chi connectivity index (χ1) is 16.1. The molecular weight excluding hydrogens is 509 g/mol. The zero-order valence-corrected chi connectivity index (χ0v) is 19.9. The quantitative estimate of drug-likeness (QED) is 0.251. The van der Waals surface area contributed by atoms with Crippen LogP contribution in [0.4, 0.5) is 13.2 Å². The fraction of sp³-hybridized carbons (Fsp3) is 0.154. The van der Waals surface area contributed by atoms with Gasteiger partial charge in [0, 0.05) is 10.7 Å². The fourth-order valence-corrected chi connectivity index (χ4v) is 3.86. The van der Waals surface area contributed by atoms with Gasteiger partial charge in [-0.15, -0.1) is 0 Å². The van der Waals surface area contributed by atoms with Crippen LogP contribution in [0.3, 0.4) is 0 Å². The molecule has 0 spiro atoms.